The predicted molar refractivity (Wildman–Crippen MR) is 52.9 cm³/mol. The van der Waals surface area contributed by atoms with Crippen molar-refractivity contribution in [1.29, 1.82) is 5.26 Å². The average molecular weight is 191 g/mol. The van der Waals surface area contributed by atoms with Gasteiger partial charge >= 0.3 is 0 Å². The number of halogens is 1. The summed E-state index contributed by atoms with van der Waals surface area (Å²) in [6, 6.07) is 1.53. The molecule has 1 nitrogen and oxygen atoms in total. The Morgan fingerprint density at radius 2 is 2.43 bits per heavy atom. The lowest BCUT2D eigenvalue weighted by Crippen LogP contribution is -2.47. The highest BCUT2D eigenvalue weighted by Crippen LogP contribution is 2.59. The van der Waals surface area contributed by atoms with Crippen molar-refractivity contribution in [3.8, 4) is 6.07 Å². The van der Waals surface area contributed by atoms with E-state index in [1.807, 2.05) is 0 Å². The Morgan fingerprint density at radius 1 is 1.71 bits per heavy atom. The van der Waals surface area contributed by atoms with Crippen molar-refractivity contribution in [2.45, 2.75) is 26.7 Å². The highest BCUT2D eigenvalue weighted by molar-refractivity contribution is 5.35. The third kappa shape index (κ3) is 1.19. The fourth-order valence-corrected chi connectivity index (χ4v) is 2.74. The fraction of sp³-hybridized carbons (Fsp3) is 0.583. The van der Waals surface area contributed by atoms with E-state index in [4.69, 9.17) is 5.26 Å². The van der Waals surface area contributed by atoms with Crippen LogP contribution in [-0.2, 0) is 0 Å². The van der Waals surface area contributed by atoms with Crippen molar-refractivity contribution in [2.75, 3.05) is 0 Å². The third-order valence-electron chi connectivity index (χ3n) is 3.91. The van der Waals surface area contributed by atoms with Gasteiger partial charge in [0.05, 0.1) is 0 Å². The van der Waals surface area contributed by atoms with Gasteiger partial charge in [0.25, 0.3) is 0 Å². The van der Waals surface area contributed by atoms with Gasteiger partial charge < -0.3 is 0 Å². The van der Waals surface area contributed by atoms with Gasteiger partial charge in [0.2, 0.25) is 0 Å². The summed E-state index contributed by atoms with van der Waals surface area (Å²) in [5.41, 5.74) is 1.33. The summed E-state index contributed by atoms with van der Waals surface area (Å²) in [4.78, 5) is 0. The maximum atomic E-state index is 12.8. The number of rotatable bonds is 1. The summed E-state index contributed by atoms with van der Waals surface area (Å²) in [5.74, 6) is 0.549. The first-order valence-electron chi connectivity index (χ1n) is 5.03. The number of nitriles is 1. The van der Waals surface area contributed by atoms with Crippen LogP contribution >= 0.6 is 0 Å². The average Bonchev–Trinajstić information content (AvgIpc) is 2.17. The number of fused-ring (bicyclic) bond motifs is 1. The molecule has 0 N–H and O–H groups in total. The molecule has 0 saturated heterocycles. The molecule has 2 atom stereocenters. The minimum Gasteiger partial charge on any atom is -0.195 e. The van der Waals surface area contributed by atoms with Gasteiger partial charge in [0.15, 0.2) is 5.83 Å². The van der Waals surface area contributed by atoms with Gasteiger partial charge in [-0.05, 0) is 41.7 Å². The number of allylic oxidation sites excluding steroid dienone is 4. The lowest BCUT2D eigenvalue weighted by atomic mass is 9.49. The van der Waals surface area contributed by atoms with Crippen LogP contribution in [0.2, 0.25) is 0 Å². The molecule has 14 heavy (non-hydrogen) atoms. The van der Waals surface area contributed by atoms with E-state index < -0.39 is 5.83 Å². The molecule has 3 rings (SSSR count). The smallest absolute Gasteiger partial charge is 0.195 e. The Hall–Kier alpha value is -1.10. The summed E-state index contributed by atoms with van der Waals surface area (Å²) < 4.78 is 12.8. The Kier molecular flexibility index (Phi) is 1.99. The van der Waals surface area contributed by atoms with Crippen molar-refractivity contribution in [3.05, 3.63) is 23.6 Å². The first-order valence-corrected chi connectivity index (χ1v) is 5.03. The zero-order valence-corrected chi connectivity index (χ0v) is 8.55. The number of hydrogen-bond acceptors (Lipinski definition) is 1. The Labute approximate surface area is 83.9 Å². The highest BCUT2D eigenvalue weighted by atomic mass is 19.1. The molecule has 0 aromatic rings. The molecule has 0 radical (unpaired) electrons. The lowest BCUT2D eigenvalue weighted by molar-refractivity contribution is -0.00340. The van der Waals surface area contributed by atoms with Crippen LogP contribution in [-0.4, -0.2) is 0 Å². The minimum atomic E-state index is -0.669. The van der Waals surface area contributed by atoms with E-state index in [0.29, 0.717) is 11.3 Å². The van der Waals surface area contributed by atoms with E-state index >= 15 is 0 Å². The Balaban J connectivity index is 2.24. The van der Waals surface area contributed by atoms with Crippen molar-refractivity contribution in [1.82, 2.24) is 0 Å². The van der Waals surface area contributed by atoms with Crippen LogP contribution in [0.15, 0.2) is 23.6 Å². The zero-order chi connectivity index (χ0) is 10.3. The molecule has 0 heterocycles. The van der Waals surface area contributed by atoms with Gasteiger partial charge in [-0.3, -0.25) is 0 Å². The second-order valence-electron chi connectivity index (χ2n) is 4.85. The van der Waals surface area contributed by atoms with Crippen molar-refractivity contribution >= 4 is 0 Å². The van der Waals surface area contributed by atoms with E-state index in [0.717, 1.165) is 24.3 Å². The van der Waals surface area contributed by atoms with Crippen LogP contribution in [0.3, 0.4) is 0 Å². The van der Waals surface area contributed by atoms with Gasteiger partial charge in [0.1, 0.15) is 6.07 Å². The molecule has 2 heteroatoms. The van der Waals surface area contributed by atoms with Crippen LogP contribution in [0, 0.1) is 28.6 Å². The summed E-state index contributed by atoms with van der Waals surface area (Å²) in [6.07, 6.45) is 5.69. The van der Waals surface area contributed by atoms with E-state index in [1.54, 1.807) is 0 Å². The number of nitrogens with zero attached hydrogens (tertiary/aromatic N) is 1. The minimum absolute atomic E-state index is 0.302. The van der Waals surface area contributed by atoms with Crippen molar-refractivity contribution < 1.29 is 4.39 Å². The summed E-state index contributed by atoms with van der Waals surface area (Å²) in [7, 11) is 0. The fourth-order valence-electron chi connectivity index (χ4n) is 2.74. The van der Waals surface area contributed by atoms with Gasteiger partial charge in [-0.1, -0.05) is 19.9 Å². The van der Waals surface area contributed by atoms with Gasteiger partial charge in [-0.2, -0.15) is 9.65 Å². The quantitative estimate of drug-likeness (QED) is 0.583. The molecular weight excluding hydrogens is 177 g/mol. The van der Waals surface area contributed by atoms with Gasteiger partial charge in [-0.25, -0.2) is 0 Å². The van der Waals surface area contributed by atoms with Crippen LogP contribution < -0.4 is 0 Å². The largest absolute Gasteiger partial charge is 0.200 e. The Bertz CT molecular complexity index is 357. The molecule has 3 aliphatic rings. The second kappa shape index (κ2) is 2.95. The zero-order valence-electron chi connectivity index (χ0n) is 8.55. The molecule has 1 saturated carbocycles. The molecule has 2 bridgehead atoms. The van der Waals surface area contributed by atoms with Crippen LogP contribution in [0.4, 0.5) is 4.39 Å². The standard InChI is InChI=1S/C12H14FN/c1-12(2)9-4-3-8(11(12)6-9)5-10(13)7-14/h3,5,9,11H,4,6H2,1-2H3/b10-5-. The van der Waals surface area contributed by atoms with Gasteiger partial charge in [0, 0.05) is 0 Å². The lowest BCUT2D eigenvalue weighted by Gasteiger charge is -2.56. The first-order chi connectivity index (χ1) is 6.55. The molecule has 2 unspecified atom stereocenters. The highest BCUT2D eigenvalue weighted by Gasteiger charge is 2.50. The molecule has 0 aromatic heterocycles. The molecule has 1 fully saturated rings. The maximum absolute atomic E-state index is 12.8. The van der Waals surface area contributed by atoms with E-state index in [-0.39, 0.29) is 0 Å². The SMILES string of the molecule is CC1(C)C2CC=C(/C=C(\F)C#N)C1C2. The molecule has 0 aliphatic heterocycles. The summed E-state index contributed by atoms with van der Waals surface area (Å²) >= 11 is 0. The maximum Gasteiger partial charge on any atom is 0.200 e. The van der Waals surface area contributed by atoms with Gasteiger partial charge in [-0.15, -0.1) is 0 Å². The molecule has 3 aliphatic carbocycles. The topological polar surface area (TPSA) is 23.8 Å². The number of hydrogen-bond donors (Lipinski definition) is 0. The molecular formula is C12H14FN. The van der Waals surface area contributed by atoms with Crippen LogP contribution in [0.25, 0.3) is 0 Å². The first kappa shape index (κ1) is 9.45. The van der Waals surface area contributed by atoms with Crippen molar-refractivity contribution in [3.63, 3.8) is 0 Å². The molecule has 0 spiro atoms. The van der Waals surface area contributed by atoms with Crippen molar-refractivity contribution in [2.24, 2.45) is 17.3 Å². The summed E-state index contributed by atoms with van der Waals surface area (Å²) in [5, 5.41) is 8.37. The predicted octanol–water partition coefficient (Wildman–Crippen LogP) is 3.36. The van der Waals surface area contributed by atoms with Crippen LogP contribution in [0.1, 0.15) is 26.7 Å². The monoisotopic (exact) mass is 191 g/mol. The molecule has 0 amide bonds. The second-order valence-corrected chi connectivity index (χ2v) is 4.85. The van der Waals surface area contributed by atoms with E-state index in [1.165, 1.54) is 12.1 Å². The third-order valence-corrected chi connectivity index (χ3v) is 3.91. The van der Waals surface area contributed by atoms with E-state index in [9.17, 15) is 4.39 Å². The molecule has 74 valence electrons. The van der Waals surface area contributed by atoms with Crippen LogP contribution in [0.5, 0.6) is 0 Å². The Morgan fingerprint density at radius 3 is 2.93 bits per heavy atom. The summed E-state index contributed by atoms with van der Waals surface area (Å²) in [6.45, 7) is 4.47. The van der Waals surface area contributed by atoms with E-state index in [2.05, 4.69) is 19.9 Å². The molecule has 0 aromatic carbocycles. The normalized spacial score (nSPS) is 34.1.